The molecule has 7 heteroatoms. The molecule has 0 aliphatic heterocycles. The van der Waals surface area contributed by atoms with E-state index in [-0.39, 0.29) is 25.0 Å². The van der Waals surface area contributed by atoms with Gasteiger partial charge in [0.1, 0.15) is 6.54 Å². The summed E-state index contributed by atoms with van der Waals surface area (Å²) in [5.41, 5.74) is 5.81. The van der Waals surface area contributed by atoms with E-state index in [9.17, 15) is 9.59 Å². The standard InChI is InChI=1S/C29H25N3O3S/c1-4-35-26(33)17-32-25-15-18(2)14-19(3)27(25)36-29(32)31-28(34)22-16-24(20-10-6-5-7-11-20)30-23-13-9-8-12-21(22)23/h5-16H,4,17H2,1-3H3. The van der Waals surface area contributed by atoms with Crippen LogP contribution in [0.15, 0.2) is 77.8 Å². The lowest BCUT2D eigenvalue weighted by molar-refractivity contribution is -0.143. The Labute approximate surface area is 212 Å². The van der Waals surface area contributed by atoms with Gasteiger partial charge in [-0.25, -0.2) is 4.98 Å². The summed E-state index contributed by atoms with van der Waals surface area (Å²) in [6.45, 7) is 6.07. The van der Waals surface area contributed by atoms with Gasteiger partial charge in [0.15, 0.2) is 4.80 Å². The zero-order valence-corrected chi connectivity index (χ0v) is 21.1. The highest BCUT2D eigenvalue weighted by atomic mass is 32.1. The van der Waals surface area contributed by atoms with Crippen LogP contribution in [0.25, 0.3) is 32.4 Å². The van der Waals surface area contributed by atoms with Gasteiger partial charge in [0, 0.05) is 10.9 Å². The second kappa shape index (κ2) is 9.87. The summed E-state index contributed by atoms with van der Waals surface area (Å²) in [5, 5.41) is 0.732. The van der Waals surface area contributed by atoms with Crippen molar-refractivity contribution in [1.82, 2.24) is 9.55 Å². The van der Waals surface area contributed by atoms with Crippen molar-refractivity contribution in [3.05, 3.63) is 94.3 Å². The molecule has 5 rings (SSSR count). The van der Waals surface area contributed by atoms with E-state index in [4.69, 9.17) is 9.72 Å². The number of rotatable bonds is 5. The predicted molar refractivity (Wildman–Crippen MR) is 143 cm³/mol. The molecular formula is C29H25N3O3S. The smallest absolute Gasteiger partial charge is 0.326 e. The topological polar surface area (TPSA) is 73.6 Å². The third kappa shape index (κ3) is 4.57. The summed E-state index contributed by atoms with van der Waals surface area (Å²) >= 11 is 1.40. The van der Waals surface area contributed by atoms with Gasteiger partial charge < -0.3 is 9.30 Å². The second-order valence-electron chi connectivity index (χ2n) is 8.56. The molecule has 0 unspecified atom stereocenters. The first-order valence-corrected chi connectivity index (χ1v) is 12.6. The number of benzene rings is 3. The predicted octanol–water partition coefficient (Wildman–Crippen LogP) is 5.84. The third-order valence-corrected chi connectivity index (χ3v) is 7.15. The molecule has 6 nitrogen and oxygen atoms in total. The van der Waals surface area contributed by atoms with Gasteiger partial charge in [-0.05, 0) is 50.1 Å². The fraction of sp³-hybridized carbons (Fsp3) is 0.172. The number of carbonyl (C=O) groups excluding carboxylic acids is 2. The molecule has 1 amide bonds. The molecule has 5 aromatic rings. The first-order chi connectivity index (χ1) is 17.4. The average Bonchev–Trinajstić information content (AvgIpc) is 3.20. The van der Waals surface area contributed by atoms with Gasteiger partial charge in [0.05, 0.1) is 33.6 Å². The Hall–Kier alpha value is -4.10. The Balaban J connectivity index is 1.70. The van der Waals surface area contributed by atoms with Gasteiger partial charge in [-0.1, -0.05) is 65.9 Å². The highest BCUT2D eigenvalue weighted by Crippen LogP contribution is 2.26. The molecule has 2 heterocycles. The van der Waals surface area contributed by atoms with E-state index in [0.717, 1.165) is 37.8 Å². The van der Waals surface area contributed by atoms with Crippen LogP contribution in [0.2, 0.25) is 0 Å². The number of aryl methyl sites for hydroxylation is 2. The molecule has 0 fully saturated rings. The Morgan fingerprint density at radius 2 is 1.75 bits per heavy atom. The molecule has 36 heavy (non-hydrogen) atoms. The average molecular weight is 496 g/mol. The maximum Gasteiger partial charge on any atom is 0.326 e. The minimum atomic E-state index is -0.385. The van der Waals surface area contributed by atoms with Crippen molar-refractivity contribution < 1.29 is 14.3 Å². The number of pyridine rings is 1. The van der Waals surface area contributed by atoms with E-state index < -0.39 is 0 Å². The maximum atomic E-state index is 13.7. The van der Waals surface area contributed by atoms with Crippen molar-refractivity contribution in [1.29, 1.82) is 0 Å². The van der Waals surface area contributed by atoms with Gasteiger partial charge in [0.25, 0.3) is 5.91 Å². The van der Waals surface area contributed by atoms with Gasteiger partial charge in [0.2, 0.25) is 0 Å². The molecule has 0 aliphatic carbocycles. The largest absolute Gasteiger partial charge is 0.465 e. The summed E-state index contributed by atoms with van der Waals surface area (Å²) in [6.07, 6.45) is 0. The van der Waals surface area contributed by atoms with Crippen molar-refractivity contribution in [3.63, 3.8) is 0 Å². The van der Waals surface area contributed by atoms with Crippen LogP contribution in [0.3, 0.4) is 0 Å². The van der Waals surface area contributed by atoms with Crippen LogP contribution in [0.5, 0.6) is 0 Å². The van der Waals surface area contributed by atoms with Crippen molar-refractivity contribution in [2.24, 2.45) is 4.99 Å². The lowest BCUT2D eigenvalue weighted by atomic mass is 10.0. The molecule has 2 aromatic heterocycles. The number of thiazole rings is 1. The van der Waals surface area contributed by atoms with Crippen molar-refractivity contribution in [2.75, 3.05) is 6.61 Å². The minimum absolute atomic E-state index is 0.0186. The Kier molecular flexibility index (Phi) is 6.48. The normalized spacial score (nSPS) is 11.8. The molecule has 0 saturated carbocycles. The van der Waals surface area contributed by atoms with Crippen LogP contribution in [0.4, 0.5) is 0 Å². The summed E-state index contributed by atoms with van der Waals surface area (Å²) in [4.78, 5) is 35.9. The summed E-state index contributed by atoms with van der Waals surface area (Å²) in [5.74, 6) is -0.754. The second-order valence-corrected chi connectivity index (χ2v) is 9.54. The zero-order chi connectivity index (χ0) is 25.2. The first kappa shape index (κ1) is 23.6. The molecule has 0 radical (unpaired) electrons. The molecule has 0 bridgehead atoms. The molecule has 0 spiro atoms. The fourth-order valence-corrected chi connectivity index (χ4v) is 5.42. The summed E-state index contributed by atoms with van der Waals surface area (Å²) in [7, 11) is 0. The van der Waals surface area contributed by atoms with Gasteiger partial charge in [-0.15, -0.1) is 0 Å². The number of ether oxygens (including phenoxy) is 1. The SMILES string of the molecule is CCOC(=O)Cn1c(=NC(=O)c2cc(-c3ccccc3)nc3ccccc23)sc2c(C)cc(C)cc21. The minimum Gasteiger partial charge on any atom is -0.465 e. The first-order valence-electron chi connectivity index (χ1n) is 11.7. The Bertz CT molecular complexity index is 1680. The summed E-state index contributed by atoms with van der Waals surface area (Å²) in [6, 6.07) is 23.2. The van der Waals surface area contributed by atoms with E-state index in [1.54, 1.807) is 17.6 Å². The fourth-order valence-electron chi connectivity index (χ4n) is 4.34. The number of nitrogens with zero attached hydrogens (tertiary/aromatic N) is 3. The molecular weight excluding hydrogens is 470 g/mol. The van der Waals surface area contributed by atoms with Crippen LogP contribution in [-0.2, 0) is 16.1 Å². The van der Waals surface area contributed by atoms with Gasteiger partial charge >= 0.3 is 5.97 Å². The molecule has 3 aromatic carbocycles. The van der Waals surface area contributed by atoms with E-state index in [1.165, 1.54) is 11.3 Å². The quantitative estimate of drug-likeness (QED) is 0.287. The number of hydrogen-bond donors (Lipinski definition) is 0. The van der Waals surface area contributed by atoms with E-state index >= 15 is 0 Å². The van der Waals surface area contributed by atoms with Crippen LogP contribution < -0.4 is 4.80 Å². The lowest BCUT2D eigenvalue weighted by Gasteiger charge is -2.08. The Morgan fingerprint density at radius 1 is 1.00 bits per heavy atom. The zero-order valence-electron chi connectivity index (χ0n) is 20.3. The van der Waals surface area contributed by atoms with Crippen LogP contribution in [0, 0.1) is 13.8 Å². The number of carbonyl (C=O) groups is 2. The number of aromatic nitrogens is 2. The molecule has 0 N–H and O–H groups in total. The highest BCUT2D eigenvalue weighted by Gasteiger charge is 2.17. The van der Waals surface area contributed by atoms with E-state index in [2.05, 4.69) is 11.1 Å². The van der Waals surface area contributed by atoms with E-state index in [0.29, 0.717) is 16.1 Å². The van der Waals surface area contributed by atoms with Gasteiger partial charge in [-0.3, -0.25) is 9.59 Å². The van der Waals surface area contributed by atoms with Gasteiger partial charge in [-0.2, -0.15) is 4.99 Å². The van der Waals surface area contributed by atoms with E-state index in [1.807, 2.05) is 74.5 Å². The lowest BCUT2D eigenvalue weighted by Crippen LogP contribution is -2.23. The molecule has 0 atom stereocenters. The van der Waals surface area contributed by atoms with Crippen molar-refractivity contribution in [3.8, 4) is 11.3 Å². The number of hydrogen-bond acceptors (Lipinski definition) is 5. The third-order valence-electron chi connectivity index (χ3n) is 5.92. The Morgan fingerprint density at radius 3 is 2.53 bits per heavy atom. The van der Waals surface area contributed by atoms with Crippen molar-refractivity contribution in [2.45, 2.75) is 27.3 Å². The number of amides is 1. The maximum absolute atomic E-state index is 13.7. The van der Waals surface area contributed by atoms with Crippen LogP contribution in [0.1, 0.15) is 28.4 Å². The van der Waals surface area contributed by atoms with Crippen LogP contribution in [-0.4, -0.2) is 28.0 Å². The molecule has 180 valence electrons. The van der Waals surface area contributed by atoms with Crippen molar-refractivity contribution >= 4 is 44.3 Å². The highest BCUT2D eigenvalue weighted by molar-refractivity contribution is 7.16. The number of para-hydroxylation sites is 1. The molecule has 0 aliphatic rings. The molecule has 0 saturated heterocycles. The van der Waals surface area contributed by atoms with Crippen LogP contribution >= 0.6 is 11.3 Å². The number of fused-ring (bicyclic) bond motifs is 2. The monoisotopic (exact) mass is 495 g/mol. The number of esters is 1. The summed E-state index contributed by atoms with van der Waals surface area (Å²) < 4.78 is 7.96.